The van der Waals surface area contributed by atoms with Crippen LogP contribution in [-0.2, 0) is 16.4 Å². The molecule has 2 aromatic rings. The van der Waals surface area contributed by atoms with Gasteiger partial charge in [-0.3, -0.25) is 4.72 Å². The maximum absolute atomic E-state index is 12.5. The summed E-state index contributed by atoms with van der Waals surface area (Å²) in [6.45, 7) is 4.75. The molecule has 110 valence electrons. The summed E-state index contributed by atoms with van der Waals surface area (Å²) >= 11 is 0. The summed E-state index contributed by atoms with van der Waals surface area (Å²) in [5.74, 6) is 0. The molecule has 0 saturated heterocycles. The number of fused-ring (bicyclic) bond motifs is 1. The van der Waals surface area contributed by atoms with Gasteiger partial charge >= 0.3 is 0 Å². The fourth-order valence-electron chi connectivity index (χ4n) is 2.57. The maximum Gasteiger partial charge on any atom is 0.261 e. The van der Waals surface area contributed by atoms with Crippen LogP contribution in [0.4, 0.5) is 11.4 Å². The Morgan fingerprint density at radius 3 is 2.67 bits per heavy atom. The summed E-state index contributed by atoms with van der Waals surface area (Å²) in [5.41, 5.74) is 4.73. The minimum absolute atomic E-state index is 0.288. The summed E-state index contributed by atoms with van der Waals surface area (Å²) in [5, 5.41) is 3.20. The van der Waals surface area contributed by atoms with E-state index in [-0.39, 0.29) is 4.90 Å². The minimum atomic E-state index is -3.56. The highest BCUT2D eigenvalue weighted by Gasteiger charge is 2.18. The SMILES string of the molecule is Cc1ccc(NS(=O)(=O)c2ccc3c(c2)NCC3)c(C)c1. The first-order valence-electron chi connectivity index (χ1n) is 6.92. The number of nitrogens with one attached hydrogen (secondary N) is 2. The number of hydrogen-bond acceptors (Lipinski definition) is 3. The molecule has 0 bridgehead atoms. The van der Waals surface area contributed by atoms with E-state index in [1.54, 1.807) is 18.2 Å². The Morgan fingerprint density at radius 2 is 1.90 bits per heavy atom. The Hall–Kier alpha value is -2.01. The predicted molar refractivity (Wildman–Crippen MR) is 85.4 cm³/mol. The fraction of sp³-hybridized carbons (Fsp3) is 0.250. The van der Waals surface area contributed by atoms with E-state index in [4.69, 9.17) is 0 Å². The molecule has 3 rings (SSSR count). The largest absolute Gasteiger partial charge is 0.384 e. The van der Waals surface area contributed by atoms with Crippen LogP contribution in [-0.4, -0.2) is 15.0 Å². The maximum atomic E-state index is 12.5. The van der Waals surface area contributed by atoms with Crippen LogP contribution in [0.3, 0.4) is 0 Å². The first-order valence-corrected chi connectivity index (χ1v) is 8.41. The second-order valence-corrected chi connectivity index (χ2v) is 7.10. The van der Waals surface area contributed by atoms with Crippen LogP contribution in [0.25, 0.3) is 0 Å². The van der Waals surface area contributed by atoms with Crippen molar-refractivity contribution in [3.05, 3.63) is 53.1 Å². The van der Waals surface area contributed by atoms with E-state index >= 15 is 0 Å². The van der Waals surface area contributed by atoms with E-state index in [1.807, 2.05) is 32.0 Å². The monoisotopic (exact) mass is 302 g/mol. The highest BCUT2D eigenvalue weighted by Crippen LogP contribution is 2.27. The number of hydrogen-bond donors (Lipinski definition) is 2. The molecule has 4 nitrogen and oxygen atoms in total. The van der Waals surface area contributed by atoms with E-state index in [1.165, 1.54) is 5.56 Å². The van der Waals surface area contributed by atoms with Gasteiger partial charge in [0.15, 0.2) is 0 Å². The average molecular weight is 302 g/mol. The molecule has 0 aromatic heterocycles. The molecule has 5 heteroatoms. The summed E-state index contributed by atoms with van der Waals surface area (Å²) in [4.78, 5) is 0.288. The van der Waals surface area contributed by atoms with E-state index in [9.17, 15) is 8.42 Å². The van der Waals surface area contributed by atoms with Crippen LogP contribution in [0.5, 0.6) is 0 Å². The Kier molecular flexibility index (Phi) is 3.37. The van der Waals surface area contributed by atoms with Gasteiger partial charge < -0.3 is 5.32 Å². The molecule has 0 saturated carbocycles. The second-order valence-electron chi connectivity index (χ2n) is 5.42. The smallest absolute Gasteiger partial charge is 0.261 e. The van der Waals surface area contributed by atoms with Crippen molar-refractivity contribution in [2.75, 3.05) is 16.6 Å². The highest BCUT2D eigenvalue weighted by molar-refractivity contribution is 7.92. The van der Waals surface area contributed by atoms with Crippen LogP contribution in [0.15, 0.2) is 41.3 Å². The number of rotatable bonds is 3. The fourth-order valence-corrected chi connectivity index (χ4v) is 3.73. The molecule has 0 radical (unpaired) electrons. The normalized spacial score (nSPS) is 13.6. The Labute approximate surface area is 125 Å². The van der Waals surface area contributed by atoms with Crippen molar-refractivity contribution in [3.63, 3.8) is 0 Å². The third-order valence-corrected chi connectivity index (χ3v) is 5.09. The molecule has 1 heterocycles. The van der Waals surface area contributed by atoms with E-state index < -0.39 is 10.0 Å². The van der Waals surface area contributed by atoms with Gasteiger partial charge in [0.05, 0.1) is 10.6 Å². The predicted octanol–water partition coefficient (Wildman–Crippen LogP) is 3.07. The zero-order valence-corrected chi connectivity index (χ0v) is 12.9. The standard InChI is InChI=1S/C16H18N2O2S/c1-11-3-6-15(12(2)9-11)18-21(19,20)14-5-4-13-7-8-17-16(13)10-14/h3-6,9-10,17-18H,7-8H2,1-2H3. The quantitative estimate of drug-likeness (QED) is 0.916. The van der Waals surface area contributed by atoms with Gasteiger partial charge in [-0.05, 0) is 49.6 Å². The molecule has 0 aliphatic carbocycles. The molecule has 2 aromatic carbocycles. The van der Waals surface area contributed by atoms with Crippen molar-refractivity contribution >= 4 is 21.4 Å². The molecule has 0 fully saturated rings. The summed E-state index contributed by atoms with van der Waals surface area (Å²) in [6.07, 6.45) is 0.945. The lowest BCUT2D eigenvalue weighted by Gasteiger charge is -2.12. The van der Waals surface area contributed by atoms with Crippen molar-refractivity contribution in [3.8, 4) is 0 Å². The second kappa shape index (κ2) is 5.07. The molecule has 21 heavy (non-hydrogen) atoms. The average Bonchev–Trinajstić information content (AvgIpc) is 2.89. The van der Waals surface area contributed by atoms with Crippen LogP contribution in [0.1, 0.15) is 16.7 Å². The van der Waals surface area contributed by atoms with Crippen molar-refractivity contribution in [1.82, 2.24) is 0 Å². The van der Waals surface area contributed by atoms with Gasteiger partial charge in [-0.15, -0.1) is 0 Å². The molecule has 0 unspecified atom stereocenters. The lowest BCUT2D eigenvalue weighted by atomic mass is 10.1. The van der Waals surface area contributed by atoms with E-state index in [0.717, 1.165) is 29.8 Å². The molecule has 0 atom stereocenters. The van der Waals surface area contributed by atoms with Crippen molar-refractivity contribution in [2.24, 2.45) is 0 Å². The number of benzene rings is 2. The Morgan fingerprint density at radius 1 is 1.10 bits per heavy atom. The van der Waals surface area contributed by atoms with Crippen LogP contribution in [0.2, 0.25) is 0 Å². The zero-order chi connectivity index (χ0) is 15.0. The summed E-state index contributed by atoms with van der Waals surface area (Å²) in [7, 11) is -3.56. The first-order chi connectivity index (χ1) is 9.95. The summed E-state index contributed by atoms with van der Waals surface area (Å²) < 4.78 is 27.7. The van der Waals surface area contributed by atoms with Gasteiger partial charge in [0.25, 0.3) is 10.0 Å². The van der Waals surface area contributed by atoms with Gasteiger partial charge in [-0.2, -0.15) is 0 Å². The van der Waals surface area contributed by atoms with Gasteiger partial charge in [0.2, 0.25) is 0 Å². The molecule has 2 N–H and O–H groups in total. The molecule has 1 aliphatic heterocycles. The zero-order valence-electron chi connectivity index (χ0n) is 12.1. The Bertz CT molecular complexity index is 798. The van der Waals surface area contributed by atoms with Crippen LogP contribution < -0.4 is 10.0 Å². The number of sulfonamides is 1. The molecule has 0 amide bonds. The Balaban J connectivity index is 1.93. The van der Waals surface area contributed by atoms with Gasteiger partial charge in [0, 0.05) is 12.2 Å². The van der Waals surface area contributed by atoms with Crippen molar-refractivity contribution in [2.45, 2.75) is 25.2 Å². The lowest BCUT2D eigenvalue weighted by molar-refractivity contribution is 0.601. The number of aryl methyl sites for hydroxylation is 2. The molecular weight excluding hydrogens is 284 g/mol. The van der Waals surface area contributed by atoms with Crippen LogP contribution in [0, 0.1) is 13.8 Å². The van der Waals surface area contributed by atoms with Crippen molar-refractivity contribution in [1.29, 1.82) is 0 Å². The lowest BCUT2D eigenvalue weighted by Crippen LogP contribution is -2.14. The third-order valence-electron chi connectivity index (χ3n) is 3.73. The molecular formula is C16H18N2O2S. The minimum Gasteiger partial charge on any atom is -0.384 e. The topological polar surface area (TPSA) is 58.2 Å². The molecule has 1 aliphatic rings. The highest BCUT2D eigenvalue weighted by atomic mass is 32.2. The van der Waals surface area contributed by atoms with Gasteiger partial charge in [0.1, 0.15) is 0 Å². The summed E-state index contributed by atoms with van der Waals surface area (Å²) in [6, 6.07) is 10.9. The van der Waals surface area contributed by atoms with Gasteiger partial charge in [-0.25, -0.2) is 8.42 Å². The van der Waals surface area contributed by atoms with Crippen molar-refractivity contribution < 1.29 is 8.42 Å². The van der Waals surface area contributed by atoms with Crippen LogP contribution >= 0.6 is 0 Å². The number of anilines is 2. The van der Waals surface area contributed by atoms with E-state index in [0.29, 0.717) is 5.69 Å². The van der Waals surface area contributed by atoms with Gasteiger partial charge in [-0.1, -0.05) is 23.8 Å². The molecule has 0 spiro atoms. The first kappa shape index (κ1) is 13.9. The third kappa shape index (κ3) is 2.74. The van der Waals surface area contributed by atoms with E-state index in [2.05, 4.69) is 10.0 Å².